The number of alkyl carbamates (subject to hydrolysis) is 1. The topological polar surface area (TPSA) is 99.0 Å². The van der Waals surface area contributed by atoms with Gasteiger partial charge < -0.3 is 25.4 Å². The Hall–Kier alpha value is -0.850. The predicted octanol–water partition coefficient (Wildman–Crippen LogP) is 1.18. The zero-order valence-corrected chi connectivity index (χ0v) is 12.2. The minimum atomic E-state index is -1.01. The number of aliphatic hydroxyl groups excluding tert-OH is 3. The molecular weight excluding hydrogens is 262 g/mol. The van der Waals surface area contributed by atoms with E-state index in [1.165, 1.54) is 19.3 Å². The number of hydrogen-bond donors (Lipinski definition) is 4. The van der Waals surface area contributed by atoms with E-state index in [9.17, 15) is 4.79 Å². The van der Waals surface area contributed by atoms with E-state index in [0.29, 0.717) is 6.54 Å². The number of amides is 1. The zero-order chi connectivity index (χ0) is 15.1. The summed E-state index contributed by atoms with van der Waals surface area (Å²) in [6.07, 6.45) is 7.15. The number of carbonyl (C=O) groups excluding carboxylic acids is 1. The molecule has 20 heavy (non-hydrogen) atoms. The lowest BCUT2D eigenvalue weighted by molar-refractivity contribution is 0.0322. The van der Waals surface area contributed by atoms with Crippen LogP contribution in [0.3, 0.4) is 0 Å². The third-order valence-electron chi connectivity index (χ3n) is 2.97. The fourth-order valence-corrected chi connectivity index (χ4v) is 1.76. The molecule has 0 spiro atoms. The molecule has 0 aromatic carbocycles. The quantitative estimate of drug-likeness (QED) is 0.382. The highest BCUT2D eigenvalue weighted by atomic mass is 16.6. The van der Waals surface area contributed by atoms with Crippen molar-refractivity contribution in [3.8, 4) is 0 Å². The van der Waals surface area contributed by atoms with Crippen molar-refractivity contribution in [1.29, 1.82) is 0 Å². The van der Waals surface area contributed by atoms with Gasteiger partial charge in [0.25, 0.3) is 0 Å². The average Bonchev–Trinajstić information content (AvgIpc) is 2.46. The Morgan fingerprint density at radius 1 is 0.950 bits per heavy atom. The van der Waals surface area contributed by atoms with Crippen LogP contribution in [0.2, 0.25) is 0 Å². The van der Waals surface area contributed by atoms with Crippen LogP contribution in [0.25, 0.3) is 0 Å². The molecule has 0 rings (SSSR count). The molecule has 1 atom stereocenters. The summed E-state index contributed by atoms with van der Waals surface area (Å²) in [6, 6.07) is 0. The molecule has 0 radical (unpaired) electrons. The van der Waals surface area contributed by atoms with Crippen molar-refractivity contribution in [1.82, 2.24) is 5.32 Å². The number of nitrogens with one attached hydrogen (secondary N) is 1. The lowest BCUT2D eigenvalue weighted by Crippen LogP contribution is -2.29. The van der Waals surface area contributed by atoms with E-state index in [4.69, 9.17) is 20.1 Å². The lowest BCUT2D eigenvalue weighted by Gasteiger charge is -2.09. The maximum absolute atomic E-state index is 11.2. The van der Waals surface area contributed by atoms with Crippen LogP contribution in [-0.2, 0) is 4.74 Å². The molecule has 1 amide bonds. The van der Waals surface area contributed by atoms with Crippen LogP contribution in [0.1, 0.15) is 51.4 Å². The maximum Gasteiger partial charge on any atom is 0.407 e. The Balaban J connectivity index is 3.17. The zero-order valence-electron chi connectivity index (χ0n) is 12.2. The van der Waals surface area contributed by atoms with Gasteiger partial charge in [0.15, 0.2) is 0 Å². The minimum Gasteiger partial charge on any atom is -0.447 e. The normalized spacial score (nSPS) is 12.2. The molecule has 120 valence electrons. The number of ether oxygens (including phenoxy) is 1. The van der Waals surface area contributed by atoms with E-state index >= 15 is 0 Å². The van der Waals surface area contributed by atoms with Crippen molar-refractivity contribution in [2.45, 2.75) is 57.5 Å². The summed E-state index contributed by atoms with van der Waals surface area (Å²) >= 11 is 0. The Labute approximate surface area is 121 Å². The fraction of sp³-hybridized carbons (Fsp3) is 0.929. The summed E-state index contributed by atoms with van der Waals surface area (Å²) in [6.45, 7) is 0.261. The molecule has 1 unspecified atom stereocenters. The van der Waals surface area contributed by atoms with Gasteiger partial charge in [-0.25, -0.2) is 4.79 Å². The molecule has 0 aromatic heterocycles. The summed E-state index contributed by atoms with van der Waals surface area (Å²) in [5.74, 6) is 0. The van der Waals surface area contributed by atoms with Crippen molar-refractivity contribution < 1.29 is 24.9 Å². The van der Waals surface area contributed by atoms with Gasteiger partial charge in [-0.1, -0.05) is 38.5 Å². The number of aliphatic hydroxyl groups is 3. The molecule has 0 saturated carbocycles. The van der Waals surface area contributed by atoms with Gasteiger partial charge in [-0.05, 0) is 12.8 Å². The lowest BCUT2D eigenvalue weighted by atomic mass is 10.1. The SMILES string of the molecule is O=C(NCCCCCCCCCCO)OCC(O)CO. The summed E-state index contributed by atoms with van der Waals surface area (Å²) in [7, 11) is 0. The molecular formula is C14H29NO5. The fourth-order valence-electron chi connectivity index (χ4n) is 1.76. The molecule has 0 aliphatic heterocycles. The summed E-state index contributed by atoms with van der Waals surface area (Å²) in [5, 5.41) is 28.7. The third kappa shape index (κ3) is 13.6. The Bertz CT molecular complexity index is 226. The summed E-state index contributed by atoms with van der Waals surface area (Å²) < 4.78 is 4.70. The van der Waals surface area contributed by atoms with Crippen LogP contribution in [0, 0.1) is 0 Å². The Kier molecular flexibility index (Phi) is 13.9. The first-order valence-electron chi connectivity index (χ1n) is 7.51. The van der Waals surface area contributed by atoms with Crippen LogP contribution in [0.5, 0.6) is 0 Å². The first-order chi connectivity index (χ1) is 9.70. The molecule has 0 aromatic rings. The smallest absolute Gasteiger partial charge is 0.407 e. The van der Waals surface area contributed by atoms with E-state index in [2.05, 4.69) is 5.32 Å². The van der Waals surface area contributed by atoms with Gasteiger partial charge in [0.2, 0.25) is 0 Å². The van der Waals surface area contributed by atoms with E-state index < -0.39 is 18.8 Å². The van der Waals surface area contributed by atoms with Crippen molar-refractivity contribution >= 4 is 6.09 Å². The van der Waals surface area contributed by atoms with E-state index in [1.54, 1.807) is 0 Å². The highest BCUT2D eigenvalue weighted by molar-refractivity contribution is 5.67. The third-order valence-corrected chi connectivity index (χ3v) is 2.97. The molecule has 4 N–H and O–H groups in total. The van der Waals surface area contributed by atoms with Gasteiger partial charge in [-0.3, -0.25) is 0 Å². The highest BCUT2D eigenvalue weighted by Crippen LogP contribution is 2.07. The second-order valence-corrected chi connectivity index (χ2v) is 4.91. The van der Waals surface area contributed by atoms with Gasteiger partial charge in [-0.2, -0.15) is 0 Å². The molecule has 0 saturated heterocycles. The van der Waals surface area contributed by atoms with Crippen LogP contribution < -0.4 is 5.32 Å². The van der Waals surface area contributed by atoms with E-state index in [-0.39, 0.29) is 13.2 Å². The van der Waals surface area contributed by atoms with Gasteiger partial charge in [0.05, 0.1) is 6.61 Å². The average molecular weight is 291 g/mol. The number of carbonyl (C=O) groups is 1. The second kappa shape index (κ2) is 14.6. The number of hydrogen-bond acceptors (Lipinski definition) is 5. The maximum atomic E-state index is 11.2. The molecule has 0 fully saturated rings. The molecule has 6 heteroatoms. The molecule has 6 nitrogen and oxygen atoms in total. The molecule has 0 aliphatic carbocycles. The largest absolute Gasteiger partial charge is 0.447 e. The van der Waals surface area contributed by atoms with Gasteiger partial charge >= 0.3 is 6.09 Å². The van der Waals surface area contributed by atoms with Crippen LogP contribution in [0.4, 0.5) is 4.79 Å². The molecule has 0 heterocycles. The second-order valence-electron chi connectivity index (χ2n) is 4.91. The van der Waals surface area contributed by atoms with Crippen LogP contribution >= 0.6 is 0 Å². The standard InChI is InChI=1S/C14H29NO5/c16-10-8-6-4-2-1-3-5-7-9-15-14(19)20-12-13(18)11-17/h13,16-18H,1-12H2,(H,15,19). The first-order valence-corrected chi connectivity index (χ1v) is 7.51. The van der Waals surface area contributed by atoms with Crippen molar-refractivity contribution in [3.05, 3.63) is 0 Å². The van der Waals surface area contributed by atoms with Crippen molar-refractivity contribution in [2.75, 3.05) is 26.4 Å². The minimum absolute atomic E-state index is 0.184. The number of unbranched alkanes of at least 4 members (excludes halogenated alkanes) is 7. The first kappa shape index (κ1) is 19.1. The van der Waals surface area contributed by atoms with Crippen molar-refractivity contribution in [2.24, 2.45) is 0 Å². The van der Waals surface area contributed by atoms with E-state index in [0.717, 1.165) is 32.1 Å². The Morgan fingerprint density at radius 2 is 1.50 bits per heavy atom. The Morgan fingerprint density at radius 3 is 2.05 bits per heavy atom. The van der Waals surface area contributed by atoms with Crippen LogP contribution in [-0.4, -0.2) is 53.9 Å². The van der Waals surface area contributed by atoms with Gasteiger partial charge in [0, 0.05) is 13.2 Å². The van der Waals surface area contributed by atoms with Gasteiger partial charge in [-0.15, -0.1) is 0 Å². The summed E-state index contributed by atoms with van der Waals surface area (Å²) in [4.78, 5) is 11.2. The number of rotatable bonds is 13. The van der Waals surface area contributed by atoms with Crippen LogP contribution in [0.15, 0.2) is 0 Å². The molecule has 0 bridgehead atoms. The highest BCUT2D eigenvalue weighted by Gasteiger charge is 2.06. The van der Waals surface area contributed by atoms with Gasteiger partial charge in [0.1, 0.15) is 12.7 Å². The van der Waals surface area contributed by atoms with Crippen molar-refractivity contribution in [3.63, 3.8) is 0 Å². The monoisotopic (exact) mass is 291 g/mol. The summed E-state index contributed by atoms with van der Waals surface area (Å²) in [5.41, 5.74) is 0. The van der Waals surface area contributed by atoms with E-state index in [1.807, 2.05) is 0 Å². The predicted molar refractivity (Wildman–Crippen MR) is 76.5 cm³/mol. The molecule has 0 aliphatic rings.